The zero-order valence-electron chi connectivity index (χ0n) is 21.5. The fourth-order valence-corrected chi connectivity index (χ4v) is 4.84. The van der Waals surface area contributed by atoms with Crippen molar-refractivity contribution >= 4 is 22.6 Å². The van der Waals surface area contributed by atoms with Crippen LogP contribution in [0, 0.1) is 12.7 Å². The number of fused-ring (bicyclic) bond motifs is 2. The summed E-state index contributed by atoms with van der Waals surface area (Å²) in [5.74, 6) is 0.164. The standard InChI is InChI=1S/C28H31FN6O2/c1-16-5-6-20(29)12-18(16)11-17(2)31-22-7-8-30-27(36)25(22)26-32-23-13-19-15-35(10-9-34(3)4)28(37)21(19)14-24(23)33-26/h5-8,12-14,17H,9-11,15H2,1-4H3,(H,32,33)(H2,30,31,36). The maximum Gasteiger partial charge on any atom is 0.261 e. The van der Waals surface area contributed by atoms with Gasteiger partial charge >= 0.3 is 0 Å². The Kier molecular flexibility index (Phi) is 6.55. The smallest absolute Gasteiger partial charge is 0.261 e. The van der Waals surface area contributed by atoms with E-state index in [-0.39, 0.29) is 23.3 Å². The molecule has 3 N–H and O–H groups in total. The number of aryl methyl sites for hydroxylation is 1. The van der Waals surface area contributed by atoms with Gasteiger partial charge in [0.1, 0.15) is 17.2 Å². The Labute approximate surface area is 214 Å². The first-order valence-corrected chi connectivity index (χ1v) is 12.4. The molecule has 0 bridgehead atoms. The Morgan fingerprint density at radius 3 is 2.78 bits per heavy atom. The van der Waals surface area contributed by atoms with E-state index in [9.17, 15) is 14.0 Å². The molecular weight excluding hydrogens is 471 g/mol. The van der Waals surface area contributed by atoms with E-state index in [1.54, 1.807) is 24.4 Å². The largest absolute Gasteiger partial charge is 0.381 e. The van der Waals surface area contributed by atoms with Crippen LogP contribution in [-0.2, 0) is 13.0 Å². The molecule has 1 amide bonds. The molecule has 4 aromatic rings. The molecule has 0 aliphatic carbocycles. The molecule has 37 heavy (non-hydrogen) atoms. The summed E-state index contributed by atoms with van der Waals surface area (Å²) in [6.07, 6.45) is 2.18. The highest BCUT2D eigenvalue weighted by molar-refractivity contribution is 6.02. The molecule has 0 saturated carbocycles. The summed E-state index contributed by atoms with van der Waals surface area (Å²) < 4.78 is 13.8. The quantitative estimate of drug-likeness (QED) is 0.339. The summed E-state index contributed by atoms with van der Waals surface area (Å²) in [4.78, 5) is 40.4. The molecule has 3 heterocycles. The van der Waals surface area contributed by atoms with Crippen LogP contribution in [0.1, 0.15) is 34.0 Å². The molecular formula is C28H31FN6O2. The van der Waals surface area contributed by atoms with Gasteiger partial charge in [-0.25, -0.2) is 9.37 Å². The van der Waals surface area contributed by atoms with Crippen molar-refractivity contribution in [3.63, 3.8) is 0 Å². The number of H-pyrrole nitrogens is 2. The lowest BCUT2D eigenvalue weighted by Gasteiger charge is -2.18. The molecule has 0 fully saturated rings. The number of aromatic amines is 2. The normalized spacial score (nSPS) is 14.0. The number of nitrogens with one attached hydrogen (secondary N) is 3. The van der Waals surface area contributed by atoms with Gasteiger partial charge in [-0.3, -0.25) is 9.59 Å². The highest BCUT2D eigenvalue weighted by Crippen LogP contribution is 2.30. The van der Waals surface area contributed by atoms with E-state index in [4.69, 9.17) is 0 Å². The Bertz CT molecular complexity index is 1540. The van der Waals surface area contributed by atoms with Crippen LogP contribution in [-0.4, -0.2) is 63.9 Å². The highest BCUT2D eigenvalue weighted by Gasteiger charge is 2.28. The lowest BCUT2D eigenvalue weighted by atomic mass is 10.0. The average molecular weight is 503 g/mol. The van der Waals surface area contributed by atoms with Crippen LogP contribution in [0.2, 0.25) is 0 Å². The molecule has 2 aromatic heterocycles. The average Bonchev–Trinajstić information content (AvgIpc) is 3.38. The first-order valence-electron chi connectivity index (χ1n) is 12.4. The summed E-state index contributed by atoms with van der Waals surface area (Å²) in [5, 5.41) is 3.40. The van der Waals surface area contributed by atoms with Gasteiger partial charge in [-0.05, 0) is 81.4 Å². The summed E-state index contributed by atoms with van der Waals surface area (Å²) in [5.41, 5.74) is 5.67. The minimum Gasteiger partial charge on any atom is -0.381 e. The molecule has 0 saturated heterocycles. The Morgan fingerprint density at radius 2 is 2.00 bits per heavy atom. The van der Waals surface area contributed by atoms with Crippen molar-refractivity contribution in [2.75, 3.05) is 32.5 Å². The van der Waals surface area contributed by atoms with Crippen LogP contribution in [0.15, 0.2) is 47.4 Å². The van der Waals surface area contributed by atoms with E-state index in [0.717, 1.165) is 28.8 Å². The summed E-state index contributed by atoms with van der Waals surface area (Å²) in [6.45, 7) is 5.96. The van der Waals surface area contributed by atoms with Crippen LogP contribution >= 0.6 is 0 Å². The van der Waals surface area contributed by atoms with Crippen molar-refractivity contribution in [2.24, 2.45) is 0 Å². The number of aromatic nitrogens is 3. The van der Waals surface area contributed by atoms with Crippen molar-refractivity contribution in [1.29, 1.82) is 0 Å². The van der Waals surface area contributed by atoms with E-state index in [0.29, 0.717) is 47.7 Å². The maximum atomic E-state index is 13.8. The predicted octanol–water partition coefficient (Wildman–Crippen LogP) is 3.93. The number of likely N-dealkylation sites (N-methyl/N-ethyl adjacent to an activating group) is 1. The van der Waals surface area contributed by atoms with Gasteiger partial charge in [0.05, 0.1) is 16.7 Å². The number of hydrogen-bond donors (Lipinski definition) is 3. The summed E-state index contributed by atoms with van der Waals surface area (Å²) >= 11 is 0. The van der Waals surface area contributed by atoms with Crippen molar-refractivity contribution in [1.82, 2.24) is 24.8 Å². The number of imidazole rings is 1. The van der Waals surface area contributed by atoms with Crippen LogP contribution in [0.3, 0.4) is 0 Å². The molecule has 0 radical (unpaired) electrons. The molecule has 9 heteroatoms. The lowest BCUT2D eigenvalue weighted by molar-refractivity contribution is 0.0768. The Hall–Kier alpha value is -3.98. The third-order valence-electron chi connectivity index (χ3n) is 6.84. The molecule has 1 atom stereocenters. The fourth-order valence-electron chi connectivity index (χ4n) is 4.84. The van der Waals surface area contributed by atoms with Gasteiger partial charge in [0, 0.05) is 37.4 Å². The van der Waals surface area contributed by atoms with E-state index in [1.807, 2.05) is 45.0 Å². The number of pyridine rings is 1. The van der Waals surface area contributed by atoms with E-state index < -0.39 is 0 Å². The van der Waals surface area contributed by atoms with E-state index >= 15 is 0 Å². The lowest BCUT2D eigenvalue weighted by Crippen LogP contribution is -2.31. The van der Waals surface area contributed by atoms with Crippen LogP contribution < -0.4 is 10.9 Å². The number of amides is 1. The molecule has 192 valence electrons. The number of benzene rings is 2. The fraction of sp³-hybridized carbons (Fsp3) is 0.321. The van der Waals surface area contributed by atoms with Crippen LogP contribution in [0.25, 0.3) is 22.4 Å². The molecule has 5 rings (SSSR count). The van der Waals surface area contributed by atoms with Gasteiger partial charge in [0.15, 0.2) is 0 Å². The second kappa shape index (κ2) is 9.82. The monoisotopic (exact) mass is 502 g/mol. The zero-order valence-corrected chi connectivity index (χ0v) is 21.5. The number of halogens is 1. The van der Waals surface area contributed by atoms with Gasteiger partial charge in [-0.1, -0.05) is 6.07 Å². The Balaban J connectivity index is 1.42. The Morgan fingerprint density at radius 1 is 1.19 bits per heavy atom. The van der Waals surface area contributed by atoms with Crippen LogP contribution in [0.4, 0.5) is 10.1 Å². The van der Waals surface area contributed by atoms with Crippen molar-refractivity contribution < 1.29 is 9.18 Å². The maximum absolute atomic E-state index is 13.8. The number of carbonyl (C=O) groups is 1. The minimum absolute atomic E-state index is 0.00433. The van der Waals surface area contributed by atoms with Gasteiger partial charge in [0.2, 0.25) is 0 Å². The molecule has 1 aliphatic heterocycles. The number of anilines is 1. The van der Waals surface area contributed by atoms with Gasteiger partial charge in [0.25, 0.3) is 11.5 Å². The second-order valence-electron chi connectivity index (χ2n) is 10.1. The molecule has 8 nitrogen and oxygen atoms in total. The third-order valence-corrected chi connectivity index (χ3v) is 6.84. The number of carbonyl (C=O) groups excluding carboxylic acids is 1. The number of hydrogen-bond acceptors (Lipinski definition) is 5. The van der Waals surface area contributed by atoms with Gasteiger partial charge in [-0.2, -0.15) is 0 Å². The summed E-state index contributed by atoms with van der Waals surface area (Å²) in [6, 6.07) is 10.3. The van der Waals surface area contributed by atoms with Gasteiger partial charge in [-0.15, -0.1) is 0 Å². The molecule has 2 aromatic carbocycles. The second-order valence-corrected chi connectivity index (χ2v) is 10.1. The number of rotatable bonds is 8. The predicted molar refractivity (Wildman–Crippen MR) is 143 cm³/mol. The first-order chi connectivity index (χ1) is 17.7. The third kappa shape index (κ3) is 4.99. The van der Waals surface area contributed by atoms with Crippen molar-refractivity contribution in [3.05, 3.63) is 81.0 Å². The first kappa shape index (κ1) is 24.7. The minimum atomic E-state index is -0.281. The molecule has 0 spiro atoms. The van der Waals surface area contributed by atoms with E-state index in [2.05, 4.69) is 25.2 Å². The highest BCUT2D eigenvalue weighted by atomic mass is 19.1. The SMILES string of the molecule is Cc1ccc(F)cc1CC(C)Nc1cc[nH]c(=O)c1-c1nc2cc3c(cc2[nH]1)CN(CCN(C)C)C3=O. The summed E-state index contributed by atoms with van der Waals surface area (Å²) in [7, 11) is 3.97. The van der Waals surface area contributed by atoms with Gasteiger partial charge < -0.3 is 25.1 Å². The zero-order chi connectivity index (χ0) is 26.3. The molecule has 1 unspecified atom stereocenters. The van der Waals surface area contributed by atoms with Crippen molar-refractivity contribution in [2.45, 2.75) is 32.9 Å². The van der Waals surface area contributed by atoms with Crippen molar-refractivity contribution in [3.8, 4) is 11.4 Å². The molecule has 1 aliphatic rings. The van der Waals surface area contributed by atoms with E-state index in [1.165, 1.54) is 6.07 Å². The topological polar surface area (TPSA) is 97.1 Å². The van der Waals surface area contributed by atoms with Crippen LogP contribution in [0.5, 0.6) is 0 Å². The number of nitrogens with zero attached hydrogens (tertiary/aromatic N) is 3.